The number of halogens is 2. The molecule has 2 aromatic carbocycles. The van der Waals surface area contributed by atoms with Crippen molar-refractivity contribution in [2.24, 2.45) is 0 Å². The smallest absolute Gasteiger partial charge is 0.261 e. The molecule has 0 bridgehead atoms. The Morgan fingerprint density at radius 1 is 1.27 bits per heavy atom. The van der Waals surface area contributed by atoms with E-state index in [2.05, 4.69) is 5.32 Å². The molecule has 4 nitrogen and oxygen atoms in total. The highest BCUT2D eigenvalue weighted by atomic mass is 35.5. The van der Waals surface area contributed by atoms with Crippen LogP contribution in [0.1, 0.15) is 22.3 Å². The number of carbonyl (C=O) groups excluding carboxylic acids is 2. The molecule has 22 heavy (non-hydrogen) atoms. The van der Waals surface area contributed by atoms with E-state index < -0.39 is 29.5 Å². The number of anilines is 1. The van der Waals surface area contributed by atoms with E-state index in [1.807, 2.05) is 0 Å². The SMILES string of the molecule is O=C(C[C@]1(O)C(=O)Nc2ccc(F)cc21)c1ccccc1Cl. The second kappa shape index (κ2) is 5.19. The number of carbonyl (C=O) groups is 2. The normalized spacial score (nSPS) is 19.7. The quantitative estimate of drug-likeness (QED) is 0.855. The van der Waals surface area contributed by atoms with Gasteiger partial charge in [0.15, 0.2) is 11.4 Å². The molecule has 0 unspecified atom stereocenters. The van der Waals surface area contributed by atoms with Crippen LogP contribution in [0.15, 0.2) is 42.5 Å². The summed E-state index contributed by atoms with van der Waals surface area (Å²) < 4.78 is 13.4. The van der Waals surface area contributed by atoms with Crippen LogP contribution in [0.2, 0.25) is 5.02 Å². The number of aliphatic hydroxyl groups is 1. The first-order valence-corrected chi connectivity index (χ1v) is 6.91. The van der Waals surface area contributed by atoms with E-state index in [0.717, 1.165) is 6.07 Å². The summed E-state index contributed by atoms with van der Waals surface area (Å²) in [5.74, 6) is -1.85. The molecule has 0 radical (unpaired) electrons. The first kappa shape index (κ1) is 14.7. The third-order valence-electron chi connectivity index (χ3n) is 3.64. The van der Waals surface area contributed by atoms with Gasteiger partial charge in [-0.25, -0.2) is 4.39 Å². The Hall–Kier alpha value is -2.24. The Morgan fingerprint density at radius 2 is 2.00 bits per heavy atom. The van der Waals surface area contributed by atoms with Crippen molar-refractivity contribution in [3.63, 3.8) is 0 Å². The van der Waals surface area contributed by atoms with Gasteiger partial charge in [-0.2, -0.15) is 0 Å². The number of benzene rings is 2. The van der Waals surface area contributed by atoms with E-state index in [9.17, 15) is 19.1 Å². The van der Waals surface area contributed by atoms with Crippen LogP contribution in [0.3, 0.4) is 0 Å². The summed E-state index contributed by atoms with van der Waals surface area (Å²) >= 11 is 5.95. The largest absolute Gasteiger partial charge is 0.375 e. The lowest BCUT2D eigenvalue weighted by Gasteiger charge is -2.20. The summed E-state index contributed by atoms with van der Waals surface area (Å²) in [7, 11) is 0. The molecule has 112 valence electrons. The van der Waals surface area contributed by atoms with Gasteiger partial charge in [0, 0.05) is 16.8 Å². The zero-order chi connectivity index (χ0) is 15.9. The molecule has 6 heteroatoms. The predicted octanol–water partition coefficient (Wildman–Crippen LogP) is 2.89. The van der Waals surface area contributed by atoms with Gasteiger partial charge >= 0.3 is 0 Å². The maximum absolute atomic E-state index is 13.4. The Bertz CT molecular complexity index is 793. The van der Waals surface area contributed by atoms with Crippen LogP contribution in [0.4, 0.5) is 10.1 Å². The molecule has 0 saturated heterocycles. The maximum Gasteiger partial charge on any atom is 0.261 e. The van der Waals surface area contributed by atoms with Crippen molar-refractivity contribution in [2.75, 3.05) is 5.32 Å². The molecular formula is C16H11ClFNO3. The number of nitrogens with one attached hydrogen (secondary N) is 1. The topological polar surface area (TPSA) is 66.4 Å². The van der Waals surface area contributed by atoms with E-state index in [4.69, 9.17) is 11.6 Å². The van der Waals surface area contributed by atoms with E-state index in [1.165, 1.54) is 18.2 Å². The molecule has 0 fully saturated rings. The Balaban J connectivity index is 1.98. The Labute approximate surface area is 130 Å². The van der Waals surface area contributed by atoms with Crippen LogP contribution in [0.5, 0.6) is 0 Å². The fourth-order valence-corrected chi connectivity index (χ4v) is 2.75. The molecule has 2 aromatic rings. The lowest BCUT2D eigenvalue weighted by molar-refractivity contribution is -0.133. The average molecular weight is 320 g/mol. The standard InChI is InChI=1S/C16H11ClFNO3/c17-12-4-2-1-3-10(12)14(20)8-16(22)11-7-9(18)5-6-13(11)19-15(16)21/h1-7,22H,8H2,(H,19,21)/t16-/m1/s1. The Morgan fingerprint density at radius 3 is 2.73 bits per heavy atom. The average Bonchev–Trinajstić information content (AvgIpc) is 2.71. The van der Waals surface area contributed by atoms with Gasteiger partial charge in [0.1, 0.15) is 5.82 Å². The van der Waals surface area contributed by atoms with Gasteiger partial charge in [0.05, 0.1) is 11.4 Å². The number of ketones is 1. The number of hydrogen-bond acceptors (Lipinski definition) is 3. The van der Waals surface area contributed by atoms with Crippen molar-refractivity contribution in [2.45, 2.75) is 12.0 Å². The van der Waals surface area contributed by atoms with Crippen molar-refractivity contribution in [1.29, 1.82) is 0 Å². The van der Waals surface area contributed by atoms with Gasteiger partial charge in [-0.3, -0.25) is 9.59 Å². The fourth-order valence-electron chi connectivity index (χ4n) is 2.51. The molecule has 0 aromatic heterocycles. The van der Waals surface area contributed by atoms with E-state index in [0.29, 0.717) is 5.69 Å². The minimum absolute atomic E-state index is 0.0536. The molecule has 0 aliphatic carbocycles. The van der Waals surface area contributed by atoms with Gasteiger partial charge in [0.2, 0.25) is 0 Å². The van der Waals surface area contributed by atoms with Crippen molar-refractivity contribution in [3.8, 4) is 0 Å². The van der Waals surface area contributed by atoms with E-state index >= 15 is 0 Å². The number of hydrogen-bond donors (Lipinski definition) is 2. The minimum atomic E-state index is -2.10. The zero-order valence-electron chi connectivity index (χ0n) is 11.3. The molecule has 1 aliphatic rings. The molecule has 1 aliphatic heterocycles. The van der Waals surface area contributed by atoms with Gasteiger partial charge < -0.3 is 10.4 Å². The van der Waals surface area contributed by atoms with Crippen LogP contribution in [0.25, 0.3) is 0 Å². The summed E-state index contributed by atoms with van der Waals surface area (Å²) in [5, 5.41) is 13.3. The van der Waals surface area contributed by atoms with Crippen molar-refractivity contribution >= 4 is 29.0 Å². The third kappa shape index (κ3) is 2.28. The first-order valence-electron chi connectivity index (χ1n) is 6.53. The molecule has 0 saturated carbocycles. The highest BCUT2D eigenvalue weighted by Crippen LogP contribution is 2.39. The number of fused-ring (bicyclic) bond motifs is 1. The van der Waals surface area contributed by atoms with Crippen molar-refractivity contribution in [3.05, 3.63) is 64.4 Å². The van der Waals surface area contributed by atoms with Gasteiger partial charge in [0.25, 0.3) is 5.91 Å². The van der Waals surface area contributed by atoms with Crippen molar-refractivity contribution < 1.29 is 19.1 Å². The van der Waals surface area contributed by atoms with Gasteiger partial charge in [-0.15, -0.1) is 0 Å². The maximum atomic E-state index is 13.4. The van der Waals surface area contributed by atoms with Crippen LogP contribution in [-0.2, 0) is 10.4 Å². The Kier molecular flexibility index (Phi) is 3.47. The monoisotopic (exact) mass is 319 g/mol. The minimum Gasteiger partial charge on any atom is -0.375 e. The highest BCUT2D eigenvalue weighted by molar-refractivity contribution is 6.34. The van der Waals surface area contributed by atoms with Crippen LogP contribution in [0, 0.1) is 5.82 Å². The first-order chi connectivity index (χ1) is 10.4. The molecule has 1 atom stereocenters. The summed E-state index contributed by atoms with van der Waals surface area (Å²) in [6.45, 7) is 0. The van der Waals surface area contributed by atoms with E-state index in [1.54, 1.807) is 18.2 Å². The molecule has 3 rings (SSSR count). The molecule has 1 amide bonds. The summed E-state index contributed by atoms with van der Waals surface area (Å²) in [5.41, 5.74) is -1.55. The highest BCUT2D eigenvalue weighted by Gasteiger charge is 2.47. The zero-order valence-corrected chi connectivity index (χ0v) is 12.0. The lowest BCUT2D eigenvalue weighted by atomic mass is 9.88. The summed E-state index contributed by atoms with van der Waals surface area (Å²) in [4.78, 5) is 24.4. The number of rotatable bonds is 3. The summed E-state index contributed by atoms with van der Waals surface area (Å²) in [6.07, 6.45) is -0.515. The second-order valence-electron chi connectivity index (χ2n) is 5.08. The van der Waals surface area contributed by atoms with Crippen molar-refractivity contribution in [1.82, 2.24) is 0 Å². The predicted molar refractivity (Wildman–Crippen MR) is 79.3 cm³/mol. The van der Waals surface area contributed by atoms with Crippen LogP contribution >= 0.6 is 11.6 Å². The van der Waals surface area contributed by atoms with E-state index in [-0.39, 0.29) is 16.1 Å². The molecular weight excluding hydrogens is 309 g/mol. The molecule has 1 heterocycles. The summed E-state index contributed by atoms with van der Waals surface area (Å²) in [6, 6.07) is 9.91. The van der Waals surface area contributed by atoms with Gasteiger partial charge in [-0.05, 0) is 30.3 Å². The lowest BCUT2D eigenvalue weighted by Crippen LogP contribution is -2.36. The number of Topliss-reactive ketones (excluding diaryl/α,β-unsaturated/α-hetero) is 1. The van der Waals surface area contributed by atoms with Crippen LogP contribution < -0.4 is 5.32 Å². The van der Waals surface area contributed by atoms with Crippen LogP contribution in [-0.4, -0.2) is 16.8 Å². The number of amides is 1. The molecule has 2 N–H and O–H groups in total. The fraction of sp³-hybridized carbons (Fsp3) is 0.125. The molecule has 0 spiro atoms. The third-order valence-corrected chi connectivity index (χ3v) is 3.97. The second-order valence-corrected chi connectivity index (χ2v) is 5.49. The van der Waals surface area contributed by atoms with Gasteiger partial charge in [-0.1, -0.05) is 23.7 Å².